The number of rotatable bonds is 6. The van der Waals surface area contributed by atoms with Crippen molar-refractivity contribution in [3.8, 4) is 6.01 Å². The minimum atomic E-state index is 0.270. The van der Waals surface area contributed by atoms with E-state index >= 15 is 0 Å². The predicted octanol–water partition coefficient (Wildman–Crippen LogP) is 1.52. The molecule has 6 nitrogen and oxygen atoms in total. The van der Waals surface area contributed by atoms with Gasteiger partial charge in [-0.3, -0.25) is 0 Å². The topological polar surface area (TPSA) is 72.0 Å². The second-order valence-corrected chi connectivity index (χ2v) is 3.66. The van der Waals surface area contributed by atoms with Crippen LogP contribution in [0.1, 0.15) is 27.2 Å². The lowest BCUT2D eigenvalue weighted by atomic mass is 10.4. The maximum atomic E-state index is 5.38. The summed E-state index contributed by atoms with van der Waals surface area (Å²) < 4.78 is 5.38. The highest BCUT2D eigenvalue weighted by atomic mass is 16.5. The van der Waals surface area contributed by atoms with Crippen LogP contribution in [0.4, 0.5) is 11.9 Å². The molecule has 1 aromatic heterocycles. The van der Waals surface area contributed by atoms with Crippen LogP contribution in [0.2, 0.25) is 0 Å². The first kappa shape index (κ1) is 12.5. The Hall–Kier alpha value is -1.59. The standard InChI is InChI=1S/C10H19N5O/c1-5-6-16-10-14-8(11-4)13-9(15-10)12-7(2)3/h7H,5-6H2,1-4H3,(H2,11,12,13,14,15). The van der Waals surface area contributed by atoms with Crippen LogP contribution in [0.15, 0.2) is 0 Å². The van der Waals surface area contributed by atoms with Gasteiger partial charge in [0.05, 0.1) is 6.61 Å². The molecule has 1 aromatic rings. The van der Waals surface area contributed by atoms with Crippen LogP contribution in [0, 0.1) is 0 Å². The summed E-state index contributed by atoms with van der Waals surface area (Å²) in [5.74, 6) is 1.03. The van der Waals surface area contributed by atoms with E-state index in [-0.39, 0.29) is 6.04 Å². The van der Waals surface area contributed by atoms with Crippen LogP contribution in [0.25, 0.3) is 0 Å². The van der Waals surface area contributed by atoms with Crippen LogP contribution in [0.5, 0.6) is 6.01 Å². The SMILES string of the molecule is CCCOc1nc(NC)nc(NC(C)C)n1. The molecule has 0 saturated heterocycles. The third-order valence-electron chi connectivity index (χ3n) is 1.69. The van der Waals surface area contributed by atoms with E-state index in [0.29, 0.717) is 24.5 Å². The van der Waals surface area contributed by atoms with E-state index < -0.39 is 0 Å². The summed E-state index contributed by atoms with van der Waals surface area (Å²) >= 11 is 0. The van der Waals surface area contributed by atoms with Gasteiger partial charge in [-0.25, -0.2) is 0 Å². The zero-order valence-electron chi connectivity index (χ0n) is 10.2. The van der Waals surface area contributed by atoms with Gasteiger partial charge in [-0.05, 0) is 20.3 Å². The molecule has 0 aliphatic carbocycles. The molecule has 0 bridgehead atoms. The highest BCUT2D eigenvalue weighted by Gasteiger charge is 2.06. The Kier molecular flexibility index (Phi) is 4.75. The maximum Gasteiger partial charge on any atom is 0.323 e. The van der Waals surface area contributed by atoms with Gasteiger partial charge in [0, 0.05) is 13.1 Å². The Balaban J connectivity index is 2.82. The molecule has 0 amide bonds. The quantitative estimate of drug-likeness (QED) is 0.765. The number of hydrogen-bond acceptors (Lipinski definition) is 6. The number of ether oxygens (including phenoxy) is 1. The summed E-state index contributed by atoms with van der Waals surface area (Å²) in [5, 5.41) is 5.99. The van der Waals surface area contributed by atoms with Gasteiger partial charge in [0.15, 0.2) is 0 Å². The van der Waals surface area contributed by atoms with Crippen LogP contribution < -0.4 is 15.4 Å². The summed E-state index contributed by atoms with van der Waals surface area (Å²) in [7, 11) is 1.76. The second kappa shape index (κ2) is 6.09. The van der Waals surface area contributed by atoms with Gasteiger partial charge in [0.1, 0.15) is 0 Å². The number of nitrogens with one attached hydrogen (secondary N) is 2. The molecule has 0 radical (unpaired) electrons. The van der Waals surface area contributed by atoms with Gasteiger partial charge in [0.2, 0.25) is 11.9 Å². The Morgan fingerprint density at radius 2 is 1.88 bits per heavy atom. The number of nitrogens with zero attached hydrogens (tertiary/aromatic N) is 3. The monoisotopic (exact) mass is 225 g/mol. The van der Waals surface area contributed by atoms with Crippen molar-refractivity contribution in [2.75, 3.05) is 24.3 Å². The fourth-order valence-electron chi connectivity index (χ4n) is 1.05. The van der Waals surface area contributed by atoms with Crippen LogP contribution >= 0.6 is 0 Å². The zero-order valence-corrected chi connectivity index (χ0v) is 10.2. The van der Waals surface area contributed by atoms with Crippen LogP contribution in [0.3, 0.4) is 0 Å². The zero-order chi connectivity index (χ0) is 12.0. The van der Waals surface area contributed by atoms with Gasteiger partial charge >= 0.3 is 6.01 Å². The molecule has 0 saturated carbocycles. The van der Waals surface area contributed by atoms with Crippen LogP contribution in [-0.4, -0.2) is 34.6 Å². The van der Waals surface area contributed by atoms with Crippen molar-refractivity contribution < 1.29 is 4.74 Å². The Bertz CT molecular complexity index is 329. The van der Waals surface area contributed by atoms with E-state index in [1.165, 1.54) is 0 Å². The van der Waals surface area contributed by atoms with Gasteiger partial charge in [0.25, 0.3) is 0 Å². The summed E-state index contributed by atoms with van der Waals surface area (Å²) in [5.41, 5.74) is 0. The van der Waals surface area contributed by atoms with Crippen molar-refractivity contribution in [2.24, 2.45) is 0 Å². The molecular formula is C10H19N5O. The first-order valence-electron chi connectivity index (χ1n) is 5.48. The molecule has 0 spiro atoms. The van der Waals surface area contributed by atoms with E-state index in [1.54, 1.807) is 7.05 Å². The van der Waals surface area contributed by atoms with Crippen molar-refractivity contribution in [3.05, 3.63) is 0 Å². The highest BCUT2D eigenvalue weighted by molar-refractivity contribution is 5.35. The Morgan fingerprint density at radius 3 is 2.44 bits per heavy atom. The van der Waals surface area contributed by atoms with Crippen molar-refractivity contribution in [2.45, 2.75) is 33.2 Å². The average Bonchev–Trinajstić information content (AvgIpc) is 2.25. The molecule has 0 unspecified atom stereocenters. The second-order valence-electron chi connectivity index (χ2n) is 3.66. The number of hydrogen-bond donors (Lipinski definition) is 2. The summed E-state index contributed by atoms with van der Waals surface area (Å²) in [6.07, 6.45) is 0.924. The molecule has 0 atom stereocenters. The lowest BCUT2D eigenvalue weighted by Crippen LogP contribution is -2.15. The molecule has 0 aromatic carbocycles. The van der Waals surface area contributed by atoms with E-state index in [4.69, 9.17) is 4.74 Å². The fraction of sp³-hybridized carbons (Fsp3) is 0.700. The minimum Gasteiger partial charge on any atom is -0.463 e. The van der Waals surface area contributed by atoms with E-state index in [0.717, 1.165) is 6.42 Å². The van der Waals surface area contributed by atoms with Crippen molar-refractivity contribution in [1.29, 1.82) is 0 Å². The highest BCUT2D eigenvalue weighted by Crippen LogP contribution is 2.11. The van der Waals surface area contributed by atoms with Crippen LogP contribution in [-0.2, 0) is 0 Å². The van der Waals surface area contributed by atoms with Crippen molar-refractivity contribution >= 4 is 11.9 Å². The molecule has 1 heterocycles. The molecule has 0 aliphatic rings. The molecule has 0 fully saturated rings. The molecule has 0 aliphatic heterocycles. The normalized spacial score (nSPS) is 10.3. The number of anilines is 2. The average molecular weight is 225 g/mol. The van der Waals surface area contributed by atoms with Gasteiger partial charge in [-0.15, -0.1) is 0 Å². The third-order valence-corrected chi connectivity index (χ3v) is 1.69. The van der Waals surface area contributed by atoms with E-state index in [9.17, 15) is 0 Å². The van der Waals surface area contributed by atoms with Crippen molar-refractivity contribution in [3.63, 3.8) is 0 Å². The maximum absolute atomic E-state index is 5.38. The molecular weight excluding hydrogens is 206 g/mol. The van der Waals surface area contributed by atoms with Gasteiger partial charge in [-0.1, -0.05) is 6.92 Å². The summed E-state index contributed by atoms with van der Waals surface area (Å²) in [4.78, 5) is 12.4. The Labute approximate surface area is 95.9 Å². The fourth-order valence-corrected chi connectivity index (χ4v) is 1.05. The van der Waals surface area contributed by atoms with Gasteiger partial charge < -0.3 is 15.4 Å². The molecule has 2 N–H and O–H groups in total. The molecule has 16 heavy (non-hydrogen) atoms. The molecule has 6 heteroatoms. The largest absolute Gasteiger partial charge is 0.463 e. The first-order valence-corrected chi connectivity index (χ1v) is 5.48. The van der Waals surface area contributed by atoms with Gasteiger partial charge in [-0.2, -0.15) is 15.0 Å². The summed E-state index contributed by atoms with van der Waals surface area (Å²) in [6, 6.07) is 0.621. The minimum absolute atomic E-state index is 0.270. The van der Waals surface area contributed by atoms with E-state index in [1.807, 2.05) is 20.8 Å². The third kappa shape index (κ3) is 3.88. The Morgan fingerprint density at radius 1 is 1.19 bits per heavy atom. The summed E-state index contributed by atoms with van der Waals surface area (Å²) in [6.45, 7) is 6.69. The smallest absolute Gasteiger partial charge is 0.323 e. The lowest BCUT2D eigenvalue weighted by molar-refractivity contribution is 0.292. The molecule has 1 rings (SSSR count). The first-order chi connectivity index (χ1) is 7.65. The molecule has 90 valence electrons. The van der Waals surface area contributed by atoms with E-state index in [2.05, 4.69) is 25.6 Å². The van der Waals surface area contributed by atoms with Crippen molar-refractivity contribution in [1.82, 2.24) is 15.0 Å². The number of aromatic nitrogens is 3. The lowest BCUT2D eigenvalue weighted by Gasteiger charge is -2.10. The predicted molar refractivity (Wildman–Crippen MR) is 63.9 cm³/mol.